The Bertz CT molecular complexity index is 298. The molecule has 72 valence electrons. The van der Waals surface area contributed by atoms with E-state index in [1.165, 1.54) is 24.3 Å². The van der Waals surface area contributed by atoms with Gasteiger partial charge in [0.05, 0.1) is 0 Å². The molecule has 1 atom stereocenters. The van der Waals surface area contributed by atoms with Crippen LogP contribution in [0.25, 0.3) is 0 Å². The van der Waals surface area contributed by atoms with E-state index in [1.807, 2.05) is 0 Å². The van der Waals surface area contributed by atoms with Crippen LogP contribution in [0.2, 0.25) is 0 Å². The summed E-state index contributed by atoms with van der Waals surface area (Å²) in [5.74, 6) is 0. The molecular weight excluding hydrogens is 201 g/mol. The smallest absolute Gasteiger partial charge is 0.379 e. The predicted molar refractivity (Wildman–Crippen MR) is 44.7 cm³/mol. The average molecular weight is 208 g/mol. The maximum absolute atomic E-state index is 12.0. The standard InChI is InChI=1S/C8H7F3OS/c9-8(10,11)7(12)5-2-1-3-6(13)4-5/h1-4,7,12-13H. The average Bonchev–Trinajstić information content (AvgIpc) is 2.01. The van der Waals surface area contributed by atoms with Gasteiger partial charge in [-0.25, -0.2) is 0 Å². The number of rotatable bonds is 1. The molecule has 5 heteroatoms. The topological polar surface area (TPSA) is 20.2 Å². The van der Waals surface area contributed by atoms with Crippen molar-refractivity contribution in [3.63, 3.8) is 0 Å². The summed E-state index contributed by atoms with van der Waals surface area (Å²) in [5.41, 5.74) is -0.194. The second-order valence-corrected chi connectivity index (χ2v) is 3.06. The molecular formula is C8H7F3OS. The Labute approximate surface area is 78.6 Å². The van der Waals surface area contributed by atoms with Gasteiger partial charge in [-0.05, 0) is 17.7 Å². The largest absolute Gasteiger partial charge is 0.418 e. The van der Waals surface area contributed by atoms with E-state index in [-0.39, 0.29) is 5.56 Å². The maximum atomic E-state index is 12.0. The highest BCUT2D eigenvalue weighted by atomic mass is 32.1. The van der Waals surface area contributed by atoms with Crippen LogP contribution in [0.3, 0.4) is 0 Å². The van der Waals surface area contributed by atoms with E-state index in [0.717, 1.165) is 0 Å². The summed E-state index contributed by atoms with van der Waals surface area (Å²) in [6.45, 7) is 0. The quantitative estimate of drug-likeness (QED) is 0.679. The van der Waals surface area contributed by atoms with Crippen molar-refractivity contribution in [2.75, 3.05) is 0 Å². The van der Waals surface area contributed by atoms with E-state index in [0.29, 0.717) is 4.90 Å². The second-order valence-electron chi connectivity index (χ2n) is 2.54. The van der Waals surface area contributed by atoms with Gasteiger partial charge >= 0.3 is 6.18 Å². The second kappa shape index (κ2) is 3.59. The first-order chi connectivity index (χ1) is 5.91. The number of aliphatic hydroxyl groups is 1. The SMILES string of the molecule is OC(c1cccc(S)c1)C(F)(F)F. The Balaban J connectivity index is 2.96. The molecule has 0 heterocycles. The van der Waals surface area contributed by atoms with Gasteiger partial charge in [0.2, 0.25) is 0 Å². The fourth-order valence-electron chi connectivity index (χ4n) is 0.884. The van der Waals surface area contributed by atoms with Crippen LogP contribution in [0, 0.1) is 0 Å². The molecule has 0 saturated carbocycles. The highest BCUT2D eigenvalue weighted by molar-refractivity contribution is 7.80. The highest BCUT2D eigenvalue weighted by Gasteiger charge is 2.39. The van der Waals surface area contributed by atoms with Crippen LogP contribution in [0.15, 0.2) is 29.2 Å². The van der Waals surface area contributed by atoms with Crippen LogP contribution in [0.1, 0.15) is 11.7 Å². The summed E-state index contributed by atoms with van der Waals surface area (Å²) >= 11 is 3.87. The zero-order valence-corrected chi connectivity index (χ0v) is 7.31. The van der Waals surface area contributed by atoms with Crippen molar-refractivity contribution in [3.8, 4) is 0 Å². The molecule has 0 aliphatic heterocycles. The summed E-state index contributed by atoms with van der Waals surface area (Å²) in [6, 6.07) is 5.33. The Morgan fingerprint density at radius 3 is 2.38 bits per heavy atom. The third-order valence-corrected chi connectivity index (χ3v) is 1.77. The van der Waals surface area contributed by atoms with Crippen molar-refractivity contribution >= 4 is 12.6 Å². The van der Waals surface area contributed by atoms with E-state index in [9.17, 15) is 13.2 Å². The molecule has 13 heavy (non-hydrogen) atoms. The maximum Gasteiger partial charge on any atom is 0.418 e. The Morgan fingerprint density at radius 1 is 1.31 bits per heavy atom. The van der Waals surface area contributed by atoms with E-state index in [1.54, 1.807) is 0 Å². The van der Waals surface area contributed by atoms with Gasteiger partial charge < -0.3 is 5.11 Å². The minimum Gasteiger partial charge on any atom is -0.379 e. The molecule has 1 rings (SSSR count). The lowest BCUT2D eigenvalue weighted by Gasteiger charge is -2.14. The first kappa shape index (κ1) is 10.4. The summed E-state index contributed by atoms with van der Waals surface area (Å²) in [6.07, 6.45) is -7.05. The first-order valence-corrected chi connectivity index (χ1v) is 3.89. The van der Waals surface area contributed by atoms with E-state index < -0.39 is 12.3 Å². The molecule has 0 amide bonds. The van der Waals surface area contributed by atoms with Gasteiger partial charge in [-0.2, -0.15) is 13.2 Å². The zero-order chi connectivity index (χ0) is 10.1. The lowest BCUT2D eigenvalue weighted by Crippen LogP contribution is -2.20. The van der Waals surface area contributed by atoms with Crippen molar-refractivity contribution < 1.29 is 18.3 Å². The summed E-state index contributed by atoms with van der Waals surface area (Å²) in [5, 5.41) is 8.82. The molecule has 0 aromatic heterocycles. The normalized spacial score (nSPS) is 14.2. The molecule has 0 aliphatic rings. The molecule has 1 aromatic carbocycles. The van der Waals surface area contributed by atoms with Gasteiger partial charge in [-0.3, -0.25) is 0 Å². The lowest BCUT2D eigenvalue weighted by atomic mass is 10.1. The van der Waals surface area contributed by atoms with Gasteiger partial charge in [-0.15, -0.1) is 12.6 Å². The first-order valence-electron chi connectivity index (χ1n) is 3.45. The van der Waals surface area contributed by atoms with Crippen LogP contribution >= 0.6 is 12.6 Å². The molecule has 0 radical (unpaired) electrons. The third-order valence-electron chi connectivity index (χ3n) is 1.50. The van der Waals surface area contributed by atoms with Crippen molar-refractivity contribution in [1.82, 2.24) is 0 Å². The Morgan fingerprint density at radius 2 is 1.92 bits per heavy atom. The highest BCUT2D eigenvalue weighted by Crippen LogP contribution is 2.32. The summed E-state index contributed by atoms with van der Waals surface area (Å²) < 4.78 is 36.0. The van der Waals surface area contributed by atoms with Gasteiger partial charge in [0.1, 0.15) is 0 Å². The number of aliphatic hydroxyl groups excluding tert-OH is 1. The Kier molecular flexibility index (Phi) is 2.87. The number of hydrogen-bond donors (Lipinski definition) is 2. The van der Waals surface area contributed by atoms with Gasteiger partial charge in [0.15, 0.2) is 6.10 Å². The van der Waals surface area contributed by atoms with Gasteiger partial charge in [0.25, 0.3) is 0 Å². The van der Waals surface area contributed by atoms with Crippen molar-refractivity contribution in [1.29, 1.82) is 0 Å². The van der Waals surface area contributed by atoms with Crippen LogP contribution in [0.4, 0.5) is 13.2 Å². The lowest BCUT2D eigenvalue weighted by molar-refractivity contribution is -0.206. The van der Waals surface area contributed by atoms with E-state index in [4.69, 9.17) is 5.11 Å². The molecule has 0 saturated heterocycles. The molecule has 1 nitrogen and oxygen atoms in total. The number of alkyl halides is 3. The summed E-state index contributed by atoms with van der Waals surface area (Å²) in [4.78, 5) is 0.390. The molecule has 1 aromatic rings. The van der Waals surface area contributed by atoms with E-state index >= 15 is 0 Å². The van der Waals surface area contributed by atoms with Crippen LogP contribution < -0.4 is 0 Å². The number of benzene rings is 1. The van der Waals surface area contributed by atoms with Crippen LogP contribution in [0.5, 0.6) is 0 Å². The molecule has 0 spiro atoms. The van der Waals surface area contributed by atoms with Crippen LogP contribution in [-0.4, -0.2) is 11.3 Å². The molecule has 0 bridgehead atoms. The Hall–Kier alpha value is -0.680. The summed E-state index contributed by atoms with van der Waals surface area (Å²) in [7, 11) is 0. The minimum atomic E-state index is -4.62. The predicted octanol–water partition coefficient (Wildman–Crippen LogP) is 2.57. The van der Waals surface area contributed by atoms with Gasteiger partial charge in [-0.1, -0.05) is 12.1 Å². The van der Waals surface area contributed by atoms with Gasteiger partial charge in [0, 0.05) is 4.90 Å². The van der Waals surface area contributed by atoms with E-state index in [2.05, 4.69) is 12.6 Å². The molecule has 1 N–H and O–H groups in total. The van der Waals surface area contributed by atoms with Crippen molar-refractivity contribution in [3.05, 3.63) is 29.8 Å². The number of hydrogen-bond acceptors (Lipinski definition) is 2. The minimum absolute atomic E-state index is 0.194. The fourth-order valence-corrected chi connectivity index (χ4v) is 1.12. The number of thiol groups is 1. The van der Waals surface area contributed by atoms with Crippen molar-refractivity contribution in [2.24, 2.45) is 0 Å². The monoisotopic (exact) mass is 208 g/mol. The third kappa shape index (κ3) is 2.63. The zero-order valence-electron chi connectivity index (χ0n) is 6.42. The molecule has 1 unspecified atom stereocenters. The molecule has 0 aliphatic carbocycles. The number of halogens is 3. The molecule has 0 fully saturated rings. The van der Waals surface area contributed by atoms with Crippen LogP contribution in [-0.2, 0) is 0 Å². The fraction of sp³-hybridized carbons (Fsp3) is 0.250. The van der Waals surface area contributed by atoms with Crippen molar-refractivity contribution in [2.45, 2.75) is 17.2 Å².